The van der Waals surface area contributed by atoms with Crippen LogP contribution in [0.1, 0.15) is 45.4 Å². The number of carbonyl (C=O) groups excluding carboxylic acids is 2. The highest BCUT2D eigenvalue weighted by Gasteiger charge is 2.28. The van der Waals surface area contributed by atoms with E-state index in [0.29, 0.717) is 22.1 Å². The molecule has 0 saturated heterocycles. The Bertz CT molecular complexity index is 1010. The van der Waals surface area contributed by atoms with Crippen LogP contribution in [0.4, 0.5) is 5.69 Å². The van der Waals surface area contributed by atoms with Crippen LogP contribution in [0.25, 0.3) is 0 Å². The zero-order valence-corrected chi connectivity index (χ0v) is 15.5. The molecule has 3 aromatic rings. The molecule has 1 aromatic heterocycles. The lowest BCUT2D eigenvalue weighted by Crippen LogP contribution is -2.16. The number of tetrazole rings is 1. The first-order valence-corrected chi connectivity index (χ1v) is 9.09. The number of aromatic nitrogens is 4. The zero-order valence-electron chi connectivity index (χ0n) is 14.7. The van der Waals surface area contributed by atoms with Gasteiger partial charge < -0.3 is 10.1 Å². The van der Waals surface area contributed by atoms with E-state index in [0.717, 1.165) is 12.8 Å². The summed E-state index contributed by atoms with van der Waals surface area (Å²) < 4.78 is 7.05. The molecule has 0 atom stereocenters. The molecule has 8 nitrogen and oxygen atoms in total. The van der Waals surface area contributed by atoms with Gasteiger partial charge in [-0.3, -0.25) is 4.79 Å². The van der Waals surface area contributed by atoms with Crippen LogP contribution in [0.15, 0.2) is 48.5 Å². The van der Waals surface area contributed by atoms with Crippen LogP contribution in [0.2, 0.25) is 5.02 Å². The summed E-state index contributed by atoms with van der Waals surface area (Å²) in [6, 6.07) is 13.4. The summed E-state index contributed by atoms with van der Waals surface area (Å²) in [5, 5.41) is 14.7. The summed E-state index contributed by atoms with van der Waals surface area (Å²) in [6.45, 7) is -0.0399. The monoisotopic (exact) mass is 397 g/mol. The Labute approximate surface area is 165 Å². The average Bonchev–Trinajstić information content (AvgIpc) is 3.44. The Morgan fingerprint density at radius 3 is 2.64 bits per heavy atom. The second kappa shape index (κ2) is 7.77. The smallest absolute Gasteiger partial charge is 0.340 e. The van der Waals surface area contributed by atoms with Crippen molar-refractivity contribution in [2.24, 2.45) is 0 Å². The number of amides is 1. The molecule has 9 heteroatoms. The number of halogens is 1. The highest BCUT2D eigenvalue weighted by Crippen LogP contribution is 2.34. The summed E-state index contributed by atoms with van der Waals surface area (Å²) in [5.74, 6) is -0.425. The number of ether oxygens (including phenoxy) is 1. The molecule has 0 aliphatic heterocycles. The molecule has 2 aromatic carbocycles. The van der Waals surface area contributed by atoms with E-state index >= 15 is 0 Å². The predicted molar refractivity (Wildman–Crippen MR) is 101 cm³/mol. The number of esters is 1. The van der Waals surface area contributed by atoms with E-state index in [1.807, 2.05) is 0 Å². The molecule has 0 unspecified atom stereocenters. The lowest BCUT2D eigenvalue weighted by atomic mass is 10.1. The first-order chi connectivity index (χ1) is 13.6. The van der Waals surface area contributed by atoms with Crippen LogP contribution < -0.4 is 5.32 Å². The molecular weight excluding hydrogens is 382 g/mol. The topological polar surface area (TPSA) is 99.0 Å². The SMILES string of the molecule is O=C(Nc1ccccc1C(=O)OCc1nnnn1C1CC1)c1ccc(Cl)cc1. The normalized spacial score (nSPS) is 13.2. The summed E-state index contributed by atoms with van der Waals surface area (Å²) in [7, 11) is 0. The van der Waals surface area contributed by atoms with E-state index in [4.69, 9.17) is 16.3 Å². The van der Waals surface area contributed by atoms with Crippen LogP contribution in [-0.2, 0) is 11.3 Å². The first-order valence-electron chi connectivity index (χ1n) is 8.71. The third-order valence-electron chi connectivity index (χ3n) is 4.29. The Hall–Kier alpha value is -3.26. The maximum Gasteiger partial charge on any atom is 0.340 e. The molecule has 0 radical (unpaired) electrons. The minimum absolute atomic E-state index is 0.0399. The van der Waals surface area contributed by atoms with Crippen LogP contribution in [0.3, 0.4) is 0 Å². The van der Waals surface area contributed by atoms with Crippen LogP contribution >= 0.6 is 11.6 Å². The predicted octanol–water partition coefficient (Wildman–Crippen LogP) is 3.27. The maximum atomic E-state index is 12.6. The number of nitrogens with one attached hydrogen (secondary N) is 1. The van der Waals surface area contributed by atoms with Crippen molar-refractivity contribution >= 4 is 29.2 Å². The molecule has 142 valence electrons. The van der Waals surface area contributed by atoms with Gasteiger partial charge in [0.2, 0.25) is 0 Å². The lowest BCUT2D eigenvalue weighted by molar-refractivity contribution is 0.0457. The summed E-state index contributed by atoms with van der Waals surface area (Å²) in [4.78, 5) is 25.0. The molecular formula is C19H16ClN5O3. The van der Waals surface area contributed by atoms with Gasteiger partial charge in [0.1, 0.15) is 0 Å². The van der Waals surface area contributed by atoms with Crippen LogP contribution in [0.5, 0.6) is 0 Å². The highest BCUT2D eigenvalue weighted by molar-refractivity contribution is 6.30. The number of para-hydroxylation sites is 1. The number of rotatable bonds is 6. The minimum Gasteiger partial charge on any atom is -0.454 e. The number of nitrogens with zero attached hydrogens (tertiary/aromatic N) is 4. The Balaban J connectivity index is 1.45. The molecule has 28 heavy (non-hydrogen) atoms. The van der Waals surface area contributed by atoms with Crippen molar-refractivity contribution in [3.05, 3.63) is 70.5 Å². The Morgan fingerprint density at radius 1 is 1.14 bits per heavy atom. The van der Waals surface area contributed by atoms with Gasteiger partial charge in [0.25, 0.3) is 5.91 Å². The third-order valence-corrected chi connectivity index (χ3v) is 4.54. The Kier molecular flexibility index (Phi) is 5.03. The van der Waals surface area contributed by atoms with E-state index in [2.05, 4.69) is 20.8 Å². The van der Waals surface area contributed by atoms with Crippen molar-refractivity contribution in [1.82, 2.24) is 20.2 Å². The van der Waals surface area contributed by atoms with E-state index < -0.39 is 5.97 Å². The second-order valence-electron chi connectivity index (χ2n) is 6.35. The summed E-state index contributed by atoms with van der Waals surface area (Å²) >= 11 is 5.85. The standard InChI is InChI=1S/C19H16ClN5O3/c20-13-7-5-12(6-8-13)18(26)21-16-4-2-1-3-15(16)19(27)28-11-17-22-23-24-25(17)14-9-10-14/h1-8,14H,9-11H2,(H,21,26). The number of hydrogen-bond donors (Lipinski definition) is 1. The van der Waals surface area contributed by atoms with Gasteiger partial charge >= 0.3 is 5.97 Å². The summed E-state index contributed by atoms with van der Waals surface area (Å²) in [6.07, 6.45) is 2.04. The van der Waals surface area contributed by atoms with Crippen molar-refractivity contribution in [2.45, 2.75) is 25.5 Å². The van der Waals surface area contributed by atoms with Crippen molar-refractivity contribution in [2.75, 3.05) is 5.32 Å². The van der Waals surface area contributed by atoms with Gasteiger partial charge in [-0.15, -0.1) is 5.10 Å². The molecule has 1 amide bonds. The largest absolute Gasteiger partial charge is 0.454 e. The maximum absolute atomic E-state index is 12.6. The number of hydrogen-bond acceptors (Lipinski definition) is 6. The minimum atomic E-state index is -0.572. The third kappa shape index (κ3) is 4.01. The molecule has 1 aliphatic carbocycles. The number of carbonyl (C=O) groups is 2. The van der Waals surface area contributed by atoms with Gasteiger partial charge in [0, 0.05) is 10.6 Å². The van der Waals surface area contributed by atoms with E-state index in [1.165, 1.54) is 0 Å². The molecule has 1 N–H and O–H groups in total. The number of benzene rings is 2. The fourth-order valence-electron chi connectivity index (χ4n) is 2.68. The zero-order chi connectivity index (χ0) is 19.5. The highest BCUT2D eigenvalue weighted by atomic mass is 35.5. The van der Waals surface area contributed by atoms with Gasteiger partial charge in [-0.2, -0.15) is 0 Å². The fraction of sp³-hybridized carbons (Fsp3) is 0.211. The van der Waals surface area contributed by atoms with Crippen LogP contribution in [-0.4, -0.2) is 32.1 Å². The molecule has 1 heterocycles. The van der Waals surface area contributed by atoms with Crippen molar-refractivity contribution < 1.29 is 14.3 Å². The molecule has 0 spiro atoms. The van der Waals surface area contributed by atoms with E-state index in [9.17, 15) is 9.59 Å². The molecule has 1 fully saturated rings. The van der Waals surface area contributed by atoms with E-state index in [1.54, 1.807) is 53.2 Å². The quantitative estimate of drug-likeness (QED) is 0.641. The van der Waals surface area contributed by atoms with Crippen molar-refractivity contribution in [3.8, 4) is 0 Å². The lowest BCUT2D eigenvalue weighted by Gasteiger charge is -2.11. The van der Waals surface area contributed by atoms with Gasteiger partial charge in [-0.1, -0.05) is 23.7 Å². The van der Waals surface area contributed by atoms with Gasteiger partial charge in [-0.05, 0) is 59.7 Å². The first kappa shape index (κ1) is 18.1. The average molecular weight is 398 g/mol. The van der Waals surface area contributed by atoms with Gasteiger partial charge in [0.05, 0.1) is 17.3 Å². The number of anilines is 1. The van der Waals surface area contributed by atoms with Crippen molar-refractivity contribution in [1.29, 1.82) is 0 Å². The van der Waals surface area contributed by atoms with E-state index in [-0.39, 0.29) is 24.1 Å². The molecule has 0 bridgehead atoms. The van der Waals surface area contributed by atoms with Gasteiger partial charge in [-0.25, -0.2) is 9.48 Å². The second-order valence-corrected chi connectivity index (χ2v) is 6.79. The van der Waals surface area contributed by atoms with Gasteiger partial charge in [0.15, 0.2) is 12.4 Å². The molecule has 1 saturated carbocycles. The Morgan fingerprint density at radius 2 is 1.89 bits per heavy atom. The van der Waals surface area contributed by atoms with Crippen LogP contribution in [0, 0.1) is 0 Å². The molecule has 4 rings (SSSR count). The molecule has 1 aliphatic rings. The van der Waals surface area contributed by atoms with Crippen molar-refractivity contribution in [3.63, 3.8) is 0 Å². The fourth-order valence-corrected chi connectivity index (χ4v) is 2.81. The summed E-state index contributed by atoms with van der Waals surface area (Å²) in [5.41, 5.74) is 1.03.